The Bertz CT molecular complexity index is 711. The van der Waals surface area contributed by atoms with Gasteiger partial charge in [-0.2, -0.15) is 0 Å². The summed E-state index contributed by atoms with van der Waals surface area (Å²) < 4.78 is 6.68. The van der Waals surface area contributed by atoms with Gasteiger partial charge >= 0.3 is 0 Å². The first-order chi connectivity index (χ1) is 9.86. The average molecular weight is 263 g/mol. The van der Waals surface area contributed by atoms with E-state index in [0.717, 1.165) is 52.9 Å². The van der Waals surface area contributed by atoms with Crippen molar-refractivity contribution in [3.8, 4) is 0 Å². The van der Waals surface area contributed by atoms with Gasteiger partial charge in [0.1, 0.15) is 5.72 Å². The minimum atomic E-state index is 0.105. The molecular weight excluding hydrogens is 246 g/mol. The van der Waals surface area contributed by atoms with Crippen molar-refractivity contribution in [2.24, 2.45) is 46.3 Å². The fraction of sp³-hybridized carbons (Fsp3) is 0.667. The predicted molar refractivity (Wildman–Crippen MR) is 71.3 cm³/mol. The van der Waals surface area contributed by atoms with Crippen molar-refractivity contribution >= 4 is 0 Å². The number of hydrogen-bond acceptors (Lipinski definition) is 2. The van der Waals surface area contributed by atoms with Crippen LogP contribution in [0.25, 0.3) is 0 Å². The molecule has 2 saturated heterocycles. The maximum atomic E-state index is 6.68. The number of ether oxygens (including phenoxy) is 1. The highest BCUT2D eigenvalue weighted by Crippen LogP contribution is 3.14. The van der Waals surface area contributed by atoms with E-state index >= 15 is 0 Å². The molecule has 20 heavy (non-hydrogen) atoms. The second-order valence-corrected chi connectivity index (χ2v) is 8.63. The fourth-order valence-corrected chi connectivity index (χ4v) is 9.24. The number of hydrogen-bond donors (Lipinski definition) is 1. The molecule has 2 spiro atoms. The smallest absolute Gasteiger partial charge is 0.127 e. The summed E-state index contributed by atoms with van der Waals surface area (Å²) in [7, 11) is 0. The Morgan fingerprint density at radius 1 is 1.05 bits per heavy atom. The molecule has 0 aromatic heterocycles. The van der Waals surface area contributed by atoms with Crippen LogP contribution in [0.15, 0.2) is 30.3 Å². The molecule has 2 aliphatic heterocycles. The minimum absolute atomic E-state index is 0.105. The topological polar surface area (TPSA) is 21.3 Å². The summed E-state index contributed by atoms with van der Waals surface area (Å²) in [6.07, 6.45) is 2.25. The van der Waals surface area contributed by atoms with Crippen LogP contribution >= 0.6 is 0 Å². The van der Waals surface area contributed by atoms with Gasteiger partial charge < -0.3 is 4.74 Å². The highest BCUT2D eigenvalue weighted by atomic mass is 16.5. The van der Waals surface area contributed by atoms with Crippen LogP contribution in [-0.2, 0) is 11.3 Å². The van der Waals surface area contributed by atoms with Crippen LogP contribution in [0.5, 0.6) is 0 Å². The quantitative estimate of drug-likeness (QED) is 0.901. The van der Waals surface area contributed by atoms with E-state index in [1.807, 2.05) is 0 Å². The van der Waals surface area contributed by atoms with Crippen LogP contribution < -0.4 is 5.32 Å². The molecule has 1 aromatic carbocycles. The first-order valence-corrected chi connectivity index (χ1v) is 8.33. The van der Waals surface area contributed by atoms with E-state index in [4.69, 9.17) is 4.74 Å². The van der Waals surface area contributed by atoms with Crippen molar-refractivity contribution in [2.45, 2.75) is 24.8 Å². The molecule has 2 nitrogen and oxygen atoms in total. The second-order valence-electron chi connectivity index (χ2n) is 8.63. The molecule has 1 N–H and O–H groups in total. The van der Waals surface area contributed by atoms with Crippen LogP contribution in [0.1, 0.15) is 12.0 Å². The summed E-state index contributed by atoms with van der Waals surface area (Å²) in [6, 6.07) is 10.9. The number of rotatable bonds is 3. The second kappa shape index (κ2) is 2.12. The Kier molecular flexibility index (Phi) is 0.977. The lowest BCUT2D eigenvalue weighted by Crippen LogP contribution is -2.62. The van der Waals surface area contributed by atoms with E-state index in [1.165, 1.54) is 5.56 Å². The van der Waals surface area contributed by atoms with Crippen molar-refractivity contribution in [3.63, 3.8) is 0 Å². The normalized spacial score (nSPS) is 73.1. The molecule has 10 atom stereocenters. The third-order valence-corrected chi connectivity index (χ3v) is 9.06. The van der Waals surface area contributed by atoms with Gasteiger partial charge in [-0.3, -0.25) is 5.32 Å². The first-order valence-electron chi connectivity index (χ1n) is 8.33. The minimum Gasteiger partial charge on any atom is -0.356 e. The van der Waals surface area contributed by atoms with Crippen molar-refractivity contribution in [1.29, 1.82) is 0 Å². The Morgan fingerprint density at radius 2 is 1.95 bits per heavy atom. The van der Waals surface area contributed by atoms with Crippen molar-refractivity contribution < 1.29 is 4.74 Å². The lowest BCUT2D eigenvalue weighted by Gasteiger charge is -2.63. The Morgan fingerprint density at radius 3 is 2.85 bits per heavy atom. The third kappa shape index (κ3) is 0.493. The van der Waals surface area contributed by atoms with Gasteiger partial charge in [0.2, 0.25) is 0 Å². The molecule has 6 aliphatic carbocycles. The van der Waals surface area contributed by atoms with Gasteiger partial charge in [-0.25, -0.2) is 0 Å². The fourth-order valence-electron chi connectivity index (χ4n) is 9.24. The summed E-state index contributed by atoms with van der Waals surface area (Å²) in [5.74, 6) is 5.90. The summed E-state index contributed by atoms with van der Waals surface area (Å²) in [6.45, 7) is 0.987. The highest BCUT2D eigenvalue weighted by Gasteiger charge is 3.14. The van der Waals surface area contributed by atoms with E-state index in [0.29, 0.717) is 6.10 Å². The Labute approximate surface area is 117 Å². The van der Waals surface area contributed by atoms with Crippen LogP contribution in [0.4, 0.5) is 0 Å². The van der Waals surface area contributed by atoms with E-state index in [-0.39, 0.29) is 5.72 Å². The number of nitrogens with one attached hydrogen (secondary N) is 1. The van der Waals surface area contributed by atoms with Gasteiger partial charge in [-0.1, -0.05) is 30.3 Å². The molecule has 2 heterocycles. The summed E-state index contributed by atoms with van der Waals surface area (Å²) in [4.78, 5) is 0. The van der Waals surface area contributed by atoms with Gasteiger partial charge in [-0.15, -0.1) is 0 Å². The molecular formula is C18H17NO. The zero-order chi connectivity index (χ0) is 12.5. The standard InChI is InChI=1S/C18H17NO/c1-2-4-8(5-3-1)6-19-18-11-9-10-12(11)17-7-16(10,17)13(15(17)18)14(9)20-18/h1-5,9-15,19H,6-7H2. The van der Waals surface area contributed by atoms with E-state index < -0.39 is 0 Å². The molecule has 1 aromatic rings. The predicted octanol–water partition coefficient (Wildman–Crippen LogP) is 2.01. The van der Waals surface area contributed by atoms with E-state index in [2.05, 4.69) is 35.6 Å². The molecule has 2 bridgehead atoms. The monoisotopic (exact) mass is 263 g/mol. The average Bonchev–Trinajstić information content (AvgIpc) is 2.57. The maximum Gasteiger partial charge on any atom is 0.127 e. The van der Waals surface area contributed by atoms with Crippen molar-refractivity contribution in [2.75, 3.05) is 0 Å². The third-order valence-electron chi connectivity index (χ3n) is 9.06. The van der Waals surface area contributed by atoms with Gasteiger partial charge in [0.15, 0.2) is 0 Å². The summed E-state index contributed by atoms with van der Waals surface area (Å²) in [5.41, 5.74) is 3.16. The lowest BCUT2D eigenvalue weighted by atomic mass is 9.39. The number of benzene rings is 1. The van der Waals surface area contributed by atoms with E-state index in [1.54, 1.807) is 6.42 Å². The molecule has 10 unspecified atom stereocenters. The summed E-state index contributed by atoms with van der Waals surface area (Å²) >= 11 is 0. The highest BCUT2D eigenvalue weighted by molar-refractivity contribution is 5.60. The molecule has 8 fully saturated rings. The van der Waals surface area contributed by atoms with Crippen LogP contribution in [-0.4, -0.2) is 11.8 Å². The molecule has 8 aliphatic rings. The van der Waals surface area contributed by atoms with Crippen LogP contribution in [0.3, 0.4) is 0 Å². The lowest BCUT2D eigenvalue weighted by molar-refractivity contribution is -0.183. The zero-order valence-electron chi connectivity index (χ0n) is 11.3. The van der Waals surface area contributed by atoms with Crippen molar-refractivity contribution in [1.82, 2.24) is 5.32 Å². The van der Waals surface area contributed by atoms with Crippen LogP contribution in [0.2, 0.25) is 0 Å². The van der Waals surface area contributed by atoms with Gasteiger partial charge in [-0.05, 0) is 46.5 Å². The molecule has 2 heteroatoms. The Hall–Kier alpha value is -0.860. The van der Waals surface area contributed by atoms with Crippen molar-refractivity contribution in [3.05, 3.63) is 35.9 Å². The molecule has 6 saturated carbocycles. The van der Waals surface area contributed by atoms with E-state index in [9.17, 15) is 0 Å². The van der Waals surface area contributed by atoms with Gasteiger partial charge in [0.05, 0.1) is 6.10 Å². The summed E-state index contributed by atoms with van der Waals surface area (Å²) in [5, 5.41) is 3.93. The van der Waals surface area contributed by atoms with Crippen LogP contribution in [0, 0.1) is 46.3 Å². The zero-order valence-corrected chi connectivity index (χ0v) is 11.3. The largest absolute Gasteiger partial charge is 0.356 e. The SMILES string of the molecule is c1ccc(CNC23OC4C5C2C2C5C56CC25C3C46)cc1. The van der Waals surface area contributed by atoms with Gasteiger partial charge in [0.25, 0.3) is 0 Å². The van der Waals surface area contributed by atoms with Gasteiger partial charge in [0, 0.05) is 18.4 Å². The Balaban J connectivity index is 1.24. The molecule has 0 amide bonds. The molecule has 100 valence electrons. The first kappa shape index (κ1) is 9.22. The molecule has 9 rings (SSSR count). The maximum absolute atomic E-state index is 6.68. The molecule has 0 radical (unpaired) electrons.